The Morgan fingerprint density at radius 2 is 0.762 bits per heavy atom. The second kappa shape index (κ2) is 33.9. The largest absolute Gasteiger partial charge is 0.463 e. The van der Waals surface area contributed by atoms with E-state index in [9.17, 15) is 14.7 Å². The number of carbonyl (C=O) groups is 2. The van der Waals surface area contributed by atoms with Gasteiger partial charge < -0.3 is 14.6 Å². The minimum absolute atomic E-state index is 0.123. The summed E-state index contributed by atoms with van der Waals surface area (Å²) < 4.78 is 10.3. The molecule has 0 spiro atoms. The molecule has 0 rings (SSSR count). The number of unbranched alkanes of at least 4 members (excludes halogenated alkanes) is 20. The van der Waals surface area contributed by atoms with Crippen LogP contribution >= 0.6 is 0 Å². The van der Waals surface area contributed by atoms with Crippen LogP contribution in [0.3, 0.4) is 0 Å². The fraction of sp³-hybridized carbons (Fsp3) is 0.838. The first-order valence-corrected chi connectivity index (χ1v) is 17.9. The van der Waals surface area contributed by atoms with Crippen molar-refractivity contribution >= 4 is 11.9 Å². The molecule has 0 aliphatic carbocycles. The normalized spacial score (nSPS) is 12.4. The summed E-state index contributed by atoms with van der Waals surface area (Å²) in [5.74, 6) is -0.591. The van der Waals surface area contributed by atoms with Gasteiger partial charge in [-0.25, -0.2) is 0 Å². The van der Waals surface area contributed by atoms with E-state index in [1.165, 1.54) is 103 Å². The smallest absolute Gasteiger partial charge is 0.305 e. The van der Waals surface area contributed by atoms with Crippen LogP contribution in [0, 0.1) is 0 Å². The summed E-state index contributed by atoms with van der Waals surface area (Å²) in [5, 5.41) is 9.97. The van der Waals surface area contributed by atoms with E-state index in [1.807, 2.05) is 0 Å². The lowest BCUT2D eigenvalue weighted by molar-refractivity contribution is -0.152. The van der Waals surface area contributed by atoms with Crippen molar-refractivity contribution in [2.24, 2.45) is 0 Å². The van der Waals surface area contributed by atoms with Crippen LogP contribution < -0.4 is 0 Å². The van der Waals surface area contributed by atoms with Gasteiger partial charge in [-0.15, -0.1) is 0 Å². The van der Waals surface area contributed by atoms with Gasteiger partial charge in [-0.2, -0.15) is 0 Å². The zero-order chi connectivity index (χ0) is 30.8. The van der Waals surface area contributed by atoms with Crippen molar-refractivity contribution in [3.63, 3.8) is 0 Å². The molecule has 0 fully saturated rings. The molecule has 5 nitrogen and oxygen atoms in total. The first-order valence-electron chi connectivity index (χ1n) is 17.9. The first-order chi connectivity index (χ1) is 20.6. The van der Waals surface area contributed by atoms with Crippen molar-refractivity contribution in [2.45, 2.75) is 187 Å². The highest BCUT2D eigenvalue weighted by atomic mass is 16.6. The lowest BCUT2D eigenvalue weighted by atomic mass is 10.1. The number of hydrogen-bond acceptors (Lipinski definition) is 5. The third-order valence-electron chi connectivity index (χ3n) is 7.66. The summed E-state index contributed by atoms with van der Waals surface area (Å²) in [7, 11) is 0. The number of allylic oxidation sites excluding steroid dienone is 4. The average Bonchev–Trinajstić information content (AvgIpc) is 2.99. The van der Waals surface area contributed by atoms with Gasteiger partial charge in [-0.1, -0.05) is 128 Å². The molecule has 42 heavy (non-hydrogen) atoms. The van der Waals surface area contributed by atoms with Gasteiger partial charge >= 0.3 is 11.9 Å². The summed E-state index contributed by atoms with van der Waals surface area (Å²) in [6, 6.07) is 0. The third-order valence-corrected chi connectivity index (χ3v) is 7.66. The third kappa shape index (κ3) is 32.9. The molecular formula is C37H68O5. The minimum Gasteiger partial charge on any atom is -0.463 e. The molecule has 1 atom stereocenters. The number of esters is 2. The molecule has 0 amide bonds. The Morgan fingerprint density at radius 3 is 1.12 bits per heavy atom. The average molecular weight is 593 g/mol. The second-order valence-electron chi connectivity index (χ2n) is 12.0. The highest BCUT2D eigenvalue weighted by Crippen LogP contribution is 2.11. The van der Waals surface area contributed by atoms with Crippen LogP contribution in [0.25, 0.3) is 0 Å². The van der Waals surface area contributed by atoms with E-state index in [1.54, 1.807) is 0 Å². The molecule has 0 radical (unpaired) electrons. The number of hydrogen-bond donors (Lipinski definition) is 1. The number of rotatable bonds is 32. The summed E-state index contributed by atoms with van der Waals surface area (Å²) in [4.78, 5) is 23.8. The van der Waals surface area contributed by atoms with Crippen LogP contribution in [0.1, 0.15) is 181 Å². The van der Waals surface area contributed by atoms with Crippen molar-refractivity contribution in [3.8, 4) is 0 Å². The van der Waals surface area contributed by atoms with Crippen LogP contribution in [-0.4, -0.2) is 36.4 Å². The van der Waals surface area contributed by atoms with Gasteiger partial charge in [0.05, 0.1) is 0 Å². The Kier molecular flexibility index (Phi) is 32.6. The quantitative estimate of drug-likeness (QED) is 0.0478. The molecule has 0 aromatic heterocycles. The van der Waals surface area contributed by atoms with Crippen LogP contribution in [0.15, 0.2) is 24.3 Å². The number of carbonyl (C=O) groups excluding carboxylic acids is 2. The highest BCUT2D eigenvalue weighted by Gasteiger charge is 2.12. The zero-order valence-electron chi connectivity index (χ0n) is 27.8. The summed E-state index contributed by atoms with van der Waals surface area (Å²) in [6.45, 7) is 4.26. The monoisotopic (exact) mass is 593 g/mol. The molecule has 5 heteroatoms. The summed E-state index contributed by atoms with van der Waals surface area (Å²) in [5.41, 5.74) is 0. The Bertz CT molecular complexity index is 642. The van der Waals surface area contributed by atoms with Gasteiger partial charge in [-0.3, -0.25) is 9.59 Å². The van der Waals surface area contributed by atoms with E-state index in [2.05, 4.69) is 38.2 Å². The van der Waals surface area contributed by atoms with Crippen molar-refractivity contribution in [3.05, 3.63) is 24.3 Å². The Labute approximate surface area is 260 Å². The summed E-state index contributed by atoms with van der Waals surface area (Å²) in [6.07, 6.45) is 37.9. The molecule has 0 bridgehead atoms. The number of aliphatic hydroxyl groups is 1. The van der Waals surface area contributed by atoms with Crippen LogP contribution in [0.4, 0.5) is 0 Å². The van der Waals surface area contributed by atoms with Crippen LogP contribution in [0.2, 0.25) is 0 Å². The lowest BCUT2D eigenvalue weighted by Gasteiger charge is -2.12. The maximum atomic E-state index is 11.9. The molecule has 0 aromatic rings. The second-order valence-corrected chi connectivity index (χ2v) is 12.0. The van der Waals surface area contributed by atoms with E-state index < -0.39 is 6.10 Å². The van der Waals surface area contributed by atoms with E-state index in [0.717, 1.165) is 51.4 Å². The molecule has 0 aromatic carbocycles. The molecule has 0 unspecified atom stereocenters. The topological polar surface area (TPSA) is 72.8 Å². The van der Waals surface area contributed by atoms with Gasteiger partial charge in [-0.05, 0) is 64.2 Å². The molecule has 246 valence electrons. The molecule has 0 saturated heterocycles. The van der Waals surface area contributed by atoms with E-state index in [4.69, 9.17) is 9.47 Å². The molecule has 0 saturated carbocycles. The molecule has 0 aliphatic rings. The number of ether oxygens (including phenoxy) is 2. The maximum absolute atomic E-state index is 11.9. The molecule has 1 N–H and O–H groups in total. The van der Waals surface area contributed by atoms with Crippen molar-refractivity contribution in [1.29, 1.82) is 0 Å². The van der Waals surface area contributed by atoms with Crippen molar-refractivity contribution < 1.29 is 24.2 Å². The van der Waals surface area contributed by atoms with E-state index in [-0.39, 0.29) is 25.2 Å². The predicted molar refractivity (Wildman–Crippen MR) is 178 cm³/mol. The molecule has 0 aliphatic heterocycles. The fourth-order valence-corrected chi connectivity index (χ4v) is 4.90. The van der Waals surface area contributed by atoms with E-state index in [0.29, 0.717) is 12.8 Å². The minimum atomic E-state index is -0.969. The van der Waals surface area contributed by atoms with Crippen LogP contribution in [-0.2, 0) is 19.1 Å². The summed E-state index contributed by atoms with van der Waals surface area (Å²) >= 11 is 0. The fourth-order valence-electron chi connectivity index (χ4n) is 4.90. The Hall–Kier alpha value is -1.62. The van der Waals surface area contributed by atoms with Crippen molar-refractivity contribution in [1.82, 2.24) is 0 Å². The molecular weight excluding hydrogens is 524 g/mol. The Balaban J connectivity index is 3.47. The SMILES string of the molecule is CCCCCCCC/C=C\CCCCCCCC(=O)OC[C@H](O)COC(=O)CCCCC/C=C\CCCCCCCC. The maximum Gasteiger partial charge on any atom is 0.305 e. The zero-order valence-corrected chi connectivity index (χ0v) is 27.8. The Morgan fingerprint density at radius 1 is 0.476 bits per heavy atom. The van der Waals surface area contributed by atoms with Crippen LogP contribution in [0.5, 0.6) is 0 Å². The highest BCUT2D eigenvalue weighted by molar-refractivity contribution is 5.69. The lowest BCUT2D eigenvalue weighted by Crippen LogP contribution is -2.25. The standard InChI is InChI=1S/C37H68O5/c1-3-5-7-9-11-13-15-17-18-20-22-24-26-28-30-32-37(40)42-34-35(38)33-41-36(39)31-29-27-25-23-21-19-16-14-12-10-8-6-4-2/h17-19,21,35,38H,3-16,20,22-34H2,1-2H3/b18-17-,21-19-/t35-/m1/s1. The predicted octanol–water partition coefficient (Wildman–Crippen LogP) is 10.7. The number of aliphatic hydroxyl groups excluding tert-OH is 1. The van der Waals surface area contributed by atoms with Gasteiger partial charge in [0.2, 0.25) is 0 Å². The van der Waals surface area contributed by atoms with Gasteiger partial charge in [0, 0.05) is 12.8 Å². The van der Waals surface area contributed by atoms with Crippen molar-refractivity contribution in [2.75, 3.05) is 13.2 Å². The van der Waals surface area contributed by atoms with E-state index >= 15 is 0 Å². The van der Waals surface area contributed by atoms with Gasteiger partial charge in [0.25, 0.3) is 0 Å². The first kappa shape index (κ1) is 40.4. The van der Waals surface area contributed by atoms with Gasteiger partial charge in [0.15, 0.2) is 0 Å². The van der Waals surface area contributed by atoms with Gasteiger partial charge in [0.1, 0.15) is 19.3 Å². The molecule has 0 heterocycles.